The van der Waals surface area contributed by atoms with Gasteiger partial charge in [-0.3, -0.25) is 9.78 Å². The number of hydrogen-bond donors (Lipinski definition) is 1. The van der Waals surface area contributed by atoms with Gasteiger partial charge in [0.1, 0.15) is 0 Å². The lowest BCUT2D eigenvalue weighted by Crippen LogP contribution is -2.28. The fourth-order valence-corrected chi connectivity index (χ4v) is 2.93. The zero-order chi connectivity index (χ0) is 13.9. The first-order valence-corrected chi connectivity index (χ1v) is 7.09. The van der Waals surface area contributed by atoms with Crippen LogP contribution in [0.25, 0.3) is 0 Å². The molecule has 1 aliphatic carbocycles. The van der Waals surface area contributed by atoms with Crippen molar-refractivity contribution >= 4 is 17.5 Å². The summed E-state index contributed by atoms with van der Waals surface area (Å²) in [5.41, 5.74) is 3.23. The van der Waals surface area contributed by atoms with E-state index in [9.17, 15) is 4.79 Å². The first-order chi connectivity index (χ1) is 9.75. The molecular formula is C16H15ClN2O. The van der Waals surface area contributed by atoms with Crippen molar-refractivity contribution in [2.75, 3.05) is 6.54 Å². The van der Waals surface area contributed by atoms with E-state index in [1.165, 1.54) is 17.3 Å². The molecule has 0 spiro atoms. The second-order valence-corrected chi connectivity index (χ2v) is 5.41. The van der Waals surface area contributed by atoms with Gasteiger partial charge in [0.05, 0.1) is 10.6 Å². The Hall–Kier alpha value is -1.87. The number of carbonyl (C=O) groups excluding carboxylic acids is 1. The van der Waals surface area contributed by atoms with Crippen LogP contribution in [0.4, 0.5) is 0 Å². The Bertz CT molecular complexity index is 642. The van der Waals surface area contributed by atoms with Crippen molar-refractivity contribution in [2.45, 2.75) is 18.8 Å². The lowest BCUT2D eigenvalue weighted by molar-refractivity contribution is 0.0951. The maximum Gasteiger partial charge on any atom is 0.252 e. The average molecular weight is 287 g/mol. The van der Waals surface area contributed by atoms with Crippen LogP contribution in [0.15, 0.2) is 42.7 Å². The van der Waals surface area contributed by atoms with Crippen LogP contribution in [0, 0.1) is 0 Å². The van der Waals surface area contributed by atoms with Gasteiger partial charge < -0.3 is 5.32 Å². The molecule has 0 unspecified atom stereocenters. The highest BCUT2D eigenvalue weighted by Crippen LogP contribution is 2.32. The van der Waals surface area contributed by atoms with Gasteiger partial charge in [0.25, 0.3) is 5.91 Å². The summed E-state index contributed by atoms with van der Waals surface area (Å²) in [5.74, 6) is 0.262. The molecule has 1 aromatic carbocycles. The number of pyridine rings is 1. The Morgan fingerprint density at radius 1 is 1.35 bits per heavy atom. The minimum Gasteiger partial charge on any atom is -0.351 e. The van der Waals surface area contributed by atoms with E-state index < -0.39 is 0 Å². The largest absolute Gasteiger partial charge is 0.351 e. The number of nitrogens with one attached hydrogen (secondary N) is 1. The number of rotatable bonds is 3. The molecule has 2 aromatic rings. The fourth-order valence-electron chi connectivity index (χ4n) is 2.73. The molecule has 0 bridgehead atoms. The molecule has 1 atom stereocenters. The third-order valence-corrected chi connectivity index (χ3v) is 4.08. The highest BCUT2D eigenvalue weighted by atomic mass is 35.5. The van der Waals surface area contributed by atoms with Crippen LogP contribution in [0.2, 0.25) is 5.02 Å². The molecule has 1 amide bonds. The van der Waals surface area contributed by atoms with E-state index in [-0.39, 0.29) is 5.91 Å². The van der Waals surface area contributed by atoms with E-state index in [0.717, 1.165) is 12.8 Å². The Morgan fingerprint density at radius 2 is 2.20 bits per heavy atom. The summed E-state index contributed by atoms with van der Waals surface area (Å²) < 4.78 is 0. The lowest BCUT2D eigenvalue weighted by atomic mass is 10.0. The molecule has 102 valence electrons. The Morgan fingerprint density at radius 3 is 3.05 bits per heavy atom. The van der Waals surface area contributed by atoms with Crippen LogP contribution in [0.1, 0.15) is 33.8 Å². The van der Waals surface area contributed by atoms with Crippen LogP contribution in [0.3, 0.4) is 0 Å². The number of aryl methyl sites for hydroxylation is 1. The van der Waals surface area contributed by atoms with Gasteiger partial charge in [0.2, 0.25) is 0 Å². The van der Waals surface area contributed by atoms with E-state index in [4.69, 9.17) is 11.6 Å². The smallest absolute Gasteiger partial charge is 0.252 e. The molecule has 1 aromatic heterocycles. The number of hydrogen-bond acceptors (Lipinski definition) is 2. The second kappa shape index (κ2) is 5.63. The highest BCUT2D eigenvalue weighted by molar-refractivity contribution is 6.33. The maximum atomic E-state index is 12.1. The van der Waals surface area contributed by atoms with Crippen molar-refractivity contribution < 1.29 is 4.79 Å². The highest BCUT2D eigenvalue weighted by Gasteiger charge is 2.22. The quantitative estimate of drug-likeness (QED) is 0.941. The van der Waals surface area contributed by atoms with Gasteiger partial charge in [-0.05, 0) is 30.0 Å². The summed E-state index contributed by atoms with van der Waals surface area (Å²) in [4.78, 5) is 16.0. The molecule has 3 nitrogen and oxygen atoms in total. The summed E-state index contributed by atoms with van der Waals surface area (Å²) in [5, 5.41) is 3.36. The molecule has 1 heterocycles. The molecule has 1 aliphatic rings. The number of amides is 1. The predicted molar refractivity (Wildman–Crippen MR) is 79.1 cm³/mol. The standard InChI is InChI=1S/C16H15ClN2O/c17-15-10-18-8-7-14(15)16(20)19-9-12-6-5-11-3-1-2-4-13(11)12/h1-4,7-8,10,12H,5-6,9H2,(H,19,20)/t12-/m0/s1. The number of nitrogens with zero attached hydrogens (tertiary/aromatic N) is 1. The van der Waals surface area contributed by atoms with Gasteiger partial charge in [-0.1, -0.05) is 35.9 Å². The number of fused-ring (bicyclic) bond motifs is 1. The number of benzene rings is 1. The van der Waals surface area contributed by atoms with Gasteiger partial charge >= 0.3 is 0 Å². The minimum atomic E-state index is -0.137. The topological polar surface area (TPSA) is 42.0 Å². The zero-order valence-corrected chi connectivity index (χ0v) is 11.7. The maximum absolute atomic E-state index is 12.1. The monoisotopic (exact) mass is 286 g/mol. The van der Waals surface area contributed by atoms with Gasteiger partial charge in [0, 0.05) is 24.9 Å². The van der Waals surface area contributed by atoms with Gasteiger partial charge in [-0.2, -0.15) is 0 Å². The van der Waals surface area contributed by atoms with E-state index in [1.54, 1.807) is 12.3 Å². The molecule has 20 heavy (non-hydrogen) atoms. The summed E-state index contributed by atoms with van der Waals surface area (Å²) in [6, 6.07) is 10.1. The summed E-state index contributed by atoms with van der Waals surface area (Å²) >= 11 is 5.97. The van der Waals surface area contributed by atoms with E-state index in [0.29, 0.717) is 23.0 Å². The Kier molecular flexibility index (Phi) is 3.70. The van der Waals surface area contributed by atoms with Gasteiger partial charge in [-0.15, -0.1) is 0 Å². The molecule has 0 saturated carbocycles. The third-order valence-electron chi connectivity index (χ3n) is 3.78. The zero-order valence-electron chi connectivity index (χ0n) is 11.0. The third kappa shape index (κ3) is 2.54. The second-order valence-electron chi connectivity index (χ2n) is 5.00. The Labute approximate surface area is 123 Å². The van der Waals surface area contributed by atoms with Crippen LogP contribution in [0.5, 0.6) is 0 Å². The molecule has 4 heteroatoms. The van der Waals surface area contributed by atoms with Gasteiger partial charge in [0.15, 0.2) is 0 Å². The first-order valence-electron chi connectivity index (χ1n) is 6.71. The SMILES string of the molecule is O=C(NC[C@@H]1CCc2ccccc21)c1ccncc1Cl. The van der Waals surface area contributed by atoms with Crippen molar-refractivity contribution in [3.63, 3.8) is 0 Å². The molecule has 0 radical (unpaired) electrons. The Balaban J connectivity index is 1.67. The van der Waals surface area contributed by atoms with E-state index >= 15 is 0 Å². The molecule has 1 N–H and O–H groups in total. The normalized spacial score (nSPS) is 16.8. The van der Waals surface area contributed by atoms with Crippen molar-refractivity contribution in [1.29, 1.82) is 0 Å². The van der Waals surface area contributed by atoms with Gasteiger partial charge in [-0.25, -0.2) is 0 Å². The van der Waals surface area contributed by atoms with Crippen LogP contribution in [-0.2, 0) is 6.42 Å². The number of halogens is 1. The summed E-state index contributed by atoms with van der Waals surface area (Å²) in [6.45, 7) is 0.647. The predicted octanol–water partition coefficient (Wildman–Crippen LogP) is 3.19. The molecule has 0 saturated heterocycles. The molecular weight excluding hydrogens is 272 g/mol. The molecule has 0 fully saturated rings. The van der Waals surface area contributed by atoms with Crippen molar-refractivity contribution in [3.05, 3.63) is 64.4 Å². The average Bonchev–Trinajstić information content (AvgIpc) is 2.88. The van der Waals surface area contributed by atoms with E-state index in [2.05, 4.69) is 34.6 Å². The van der Waals surface area contributed by atoms with Crippen LogP contribution < -0.4 is 5.32 Å². The first kappa shape index (κ1) is 13.1. The summed E-state index contributed by atoms with van der Waals surface area (Å²) in [6.07, 6.45) is 5.24. The van der Waals surface area contributed by atoms with Crippen LogP contribution >= 0.6 is 11.6 Å². The molecule has 0 aliphatic heterocycles. The minimum absolute atomic E-state index is 0.137. The lowest BCUT2D eigenvalue weighted by Gasteiger charge is -2.13. The summed E-state index contributed by atoms with van der Waals surface area (Å²) in [7, 11) is 0. The fraction of sp³-hybridized carbons (Fsp3) is 0.250. The van der Waals surface area contributed by atoms with Crippen molar-refractivity contribution in [1.82, 2.24) is 10.3 Å². The number of carbonyl (C=O) groups is 1. The van der Waals surface area contributed by atoms with Crippen LogP contribution in [-0.4, -0.2) is 17.4 Å². The molecule has 3 rings (SSSR count). The number of aromatic nitrogens is 1. The van der Waals surface area contributed by atoms with Crippen molar-refractivity contribution in [3.8, 4) is 0 Å². The van der Waals surface area contributed by atoms with E-state index in [1.807, 2.05) is 0 Å². The van der Waals surface area contributed by atoms with Crippen molar-refractivity contribution in [2.24, 2.45) is 0 Å².